The molecule has 8 heteroatoms. The highest BCUT2D eigenvalue weighted by molar-refractivity contribution is 6.08. The fourth-order valence-electron chi connectivity index (χ4n) is 3.88. The van der Waals surface area contributed by atoms with Gasteiger partial charge in [0.05, 0.1) is 11.8 Å². The quantitative estimate of drug-likeness (QED) is 0.237. The van der Waals surface area contributed by atoms with Crippen molar-refractivity contribution in [3.05, 3.63) is 23.4 Å². The number of carbonyl (C=O) groups excluding carboxylic acids is 4. The molecule has 1 saturated carbocycles. The van der Waals surface area contributed by atoms with E-state index in [1.54, 1.807) is 6.07 Å². The third kappa shape index (κ3) is 2.71. The number of nitrogens with two attached hydrogens (primary N) is 1. The van der Waals surface area contributed by atoms with Gasteiger partial charge in [-0.25, -0.2) is 0 Å². The molecule has 0 aromatic heterocycles. The lowest BCUT2D eigenvalue weighted by atomic mass is 9.85. The van der Waals surface area contributed by atoms with Crippen molar-refractivity contribution in [2.45, 2.75) is 13.3 Å². The molecule has 0 aromatic rings. The van der Waals surface area contributed by atoms with E-state index in [0.29, 0.717) is 0 Å². The van der Waals surface area contributed by atoms with Crippen LogP contribution in [0.1, 0.15) is 13.3 Å². The van der Waals surface area contributed by atoms with Gasteiger partial charge in [-0.15, -0.1) is 0 Å². The Labute approximate surface area is 143 Å². The Hall–Kier alpha value is -2.95. The normalized spacial score (nSPS) is 30.2. The number of rotatable bonds is 5. The largest absolute Gasteiger partial charge is 0.456 e. The molecule has 2 N–H and O–H groups in total. The monoisotopic (exact) mass is 343 g/mol. The predicted octanol–water partition coefficient (Wildman–Crippen LogP) is -0.338. The molecule has 2 amide bonds. The van der Waals surface area contributed by atoms with Crippen LogP contribution >= 0.6 is 0 Å². The fourth-order valence-corrected chi connectivity index (χ4v) is 3.88. The van der Waals surface area contributed by atoms with Crippen LogP contribution in [0.15, 0.2) is 23.4 Å². The van der Waals surface area contributed by atoms with Crippen LogP contribution in [-0.4, -0.2) is 41.6 Å². The van der Waals surface area contributed by atoms with Crippen LogP contribution in [0.5, 0.6) is 0 Å². The number of ketones is 1. The molecule has 0 spiro atoms. The zero-order valence-electron chi connectivity index (χ0n) is 13.6. The molecule has 25 heavy (non-hydrogen) atoms. The van der Waals surface area contributed by atoms with E-state index in [1.807, 2.05) is 12.2 Å². The first-order valence-corrected chi connectivity index (χ1v) is 7.94. The number of esters is 1. The molecule has 8 nitrogen and oxygen atoms in total. The number of likely N-dealkylation sites (tertiary alicyclic amines) is 1. The average molecular weight is 343 g/mol. The van der Waals surface area contributed by atoms with Gasteiger partial charge in [-0.3, -0.25) is 24.1 Å². The molecule has 0 unspecified atom stereocenters. The van der Waals surface area contributed by atoms with Gasteiger partial charge in [-0.2, -0.15) is 5.26 Å². The lowest BCUT2D eigenvalue weighted by molar-refractivity contribution is -0.154. The highest BCUT2D eigenvalue weighted by Crippen LogP contribution is 2.52. The van der Waals surface area contributed by atoms with Crippen LogP contribution in [0.3, 0.4) is 0 Å². The second-order valence-corrected chi connectivity index (χ2v) is 6.52. The number of amides is 2. The SMILES string of the molecule is C/C(N)=C(/C#N)C(=O)COC(=O)CN1C(=O)[C@@H]2[C@H](C1=O)[C@@H]1C=C[C@H]2C1. The van der Waals surface area contributed by atoms with Gasteiger partial charge in [-0.05, 0) is 25.2 Å². The summed E-state index contributed by atoms with van der Waals surface area (Å²) in [5.41, 5.74) is 5.15. The molecule has 2 bridgehead atoms. The van der Waals surface area contributed by atoms with Crippen molar-refractivity contribution in [1.82, 2.24) is 4.90 Å². The highest BCUT2D eigenvalue weighted by atomic mass is 16.5. The Morgan fingerprint density at radius 2 is 1.84 bits per heavy atom. The molecule has 1 saturated heterocycles. The first-order valence-electron chi connectivity index (χ1n) is 7.94. The first kappa shape index (κ1) is 16.9. The summed E-state index contributed by atoms with van der Waals surface area (Å²) in [7, 11) is 0. The van der Waals surface area contributed by atoms with E-state index in [-0.39, 0.29) is 46.8 Å². The van der Waals surface area contributed by atoms with Gasteiger partial charge in [-0.1, -0.05) is 12.2 Å². The van der Waals surface area contributed by atoms with Crippen molar-refractivity contribution in [1.29, 1.82) is 5.26 Å². The number of nitrogens with zero attached hydrogens (tertiary/aromatic N) is 2. The Kier molecular flexibility index (Phi) is 4.17. The van der Waals surface area contributed by atoms with Crippen molar-refractivity contribution >= 4 is 23.6 Å². The van der Waals surface area contributed by atoms with E-state index in [9.17, 15) is 19.2 Å². The number of carbonyl (C=O) groups is 4. The van der Waals surface area contributed by atoms with Gasteiger partial charge in [0.2, 0.25) is 17.6 Å². The summed E-state index contributed by atoms with van der Waals surface area (Å²) in [6.07, 6.45) is 4.73. The molecule has 2 fully saturated rings. The van der Waals surface area contributed by atoms with Gasteiger partial charge in [0.15, 0.2) is 6.61 Å². The van der Waals surface area contributed by atoms with E-state index in [2.05, 4.69) is 0 Å². The number of allylic oxidation sites excluding steroid dienone is 3. The molecule has 0 radical (unpaired) electrons. The zero-order valence-corrected chi connectivity index (χ0v) is 13.6. The second kappa shape index (κ2) is 6.16. The third-order valence-corrected chi connectivity index (χ3v) is 5.00. The van der Waals surface area contributed by atoms with E-state index >= 15 is 0 Å². The zero-order chi connectivity index (χ0) is 18.3. The van der Waals surface area contributed by atoms with Crippen LogP contribution in [0.25, 0.3) is 0 Å². The maximum Gasteiger partial charge on any atom is 0.326 e. The molecular formula is C17H17N3O5. The van der Waals surface area contributed by atoms with Crippen molar-refractivity contribution in [3.8, 4) is 6.07 Å². The van der Waals surface area contributed by atoms with Gasteiger partial charge < -0.3 is 10.5 Å². The summed E-state index contributed by atoms with van der Waals surface area (Å²) in [6, 6.07) is 1.64. The molecule has 2 aliphatic carbocycles. The molecule has 0 aromatic carbocycles. The molecule has 3 rings (SSSR count). The topological polar surface area (TPSA) is 131 Å². The third-order valence-electron chi connectivity index (χ3n) is 5.00. The molecule has 1 aliphatic heterocycles. The van der Waals surface area contributed by atoms with Crippen LogP contribution in [0.4, 0.5) is 0 Å². The number of hydrogen-bond donors (Lipinski definition) is 1. The Balaban J connectivity index is 1.59. The molecule has 1 heterocycles. The Morgan fingerprint density at radius 1 is 1.28 bits per heavy atom. The number of nitriles is 1. The Bertz CT molecular complexity index is 742. The van der Waals surface area contributed by atoms with Crippen LogP contribution < -0.4 is 5.73 Å². The molecule has 4 atom stereocenters. The summed E-state index contributed by atoms with van der Waals surface area (Å²) >= 11 is 0. The fraction of sp³-hybridized carbons (Fsp3) is 0.471. The molecule has 130 valence electrons. The number of ether oxygens (including phenoxy) is 1. The predicted molar refractivity (Wildman–Crippen MR) is 82.9 cm³/mol. The van der Waals surface area contributed by atoms with Crippen LogP contribution in [-0.2, 0) is 23.9 Å². The molecule has 3 aliphatic rings. The maximum absolute atomic E-state index is 12.4. The van der Waals surface area contributed by atoms with E-state index in [0.717, 1.165) is 11.3 Å². The van der Waals surface area contributed by atoms with E-state index in [4.69, 9.17) is 15.7 Å². The minimum absolute atomic E-state index is 0.0317. The smallest absolute Gasteiger partial charge is 0.326 e. The number of Topliss-reactive ketones (excluding diaryl/α,β-unsaturated/α-hetero) is 1. The standard InChI is InChI=1S/C17H17N3O5/c1-8(19)11(5-18)12(21)7-25-13(22)6-20-16(23)14-9-2-3-10(4-9)15(14)17(20)24/h2-3,9-10,14-15H,4,6-7,19H2,1H3/b11-8+/t9-,10+,14-,15+. The summed E-state index contributed by atoms with van der Waals surface area (Å²) in [4.78, 5) is 49.4. The minimum Gasteiger partial charge on any atom is -0.456 e. The van der Waals surface area contributed by atoms with Gasteiger partial charge in [0.1, 0.15) is 18.2 Å². The van der Waals surface area contributed by atoms with E-state index < -0.39 is 24.9 Å². The minimum atomic E-state index is -0.873. The van der Waals surface area contributed by atoms with E-state index in [1.165, 1.54) is 6.92 Å². The summed E-state index contributed by atoms with van der Waals surface area (Å²) in [5.74, 6) is -2.96. The number of fused-ring (bicyclic) bond motifs is 5. The van der Waals surface area contributed by atoms with Crippen LogP contribution in [0, 0.1) is 35.0 Å². The number of hydrogen-bond acceptors (Lipinski definition) is 7. The lowest BCUT2D eigenvalue weighted by Gasteiger charge is -2.16. The van der Waals surface area contributed by atoms with Crippen molar-refractivity contribution in [2.24, 2.45) is 29.4 Å². The second-order valence-electron chi connectivity index (χ2n) is 6.52. The van der Waals surface area contributed by atoms with Gasteiger partial charge >= 0.3 is 5.97 Å². The van der Waals surface area contributed by atoms with Crippen molar-refractivity contribution < 1.29 is 23.9 Å². The summed E-state index contributed by atoms with van der Waals surface area (Å²) < 4.78 is 4.80. The maximum atomic E-state index is 12.4. The number of imide groups is 1. The average Bonchev–Trinajstić information content (AvgIpc) is 3.23. The van der Waals surface area contributed by atoms with Crippen molar-refractivity contribution in [2.75, 3.05) is 13.2 Å². The van der Waals surface area contributed by atoms with Gasteiger partial charge in [0, 0.05) is 5.70 Å². The summed E-state index contributed by atoms with van der Waals surface area (Å²) in [6.45, 7) is 0.206. The lowest BCUT2D eigenvalue weighted by Crippen LogP contribution is -2.38. The summed E-state index contributed by atoms with van der Waals surface area (Å²) in [5, 5.41) is 8.83. The first-order chi connectivity index (χ1) is 11.8. The molecular weight excluding hydrogens is 326 g/mol. The van der Waals surface area contributed by atoms with Gasteiger partial charge in [0.25, 0.3) is 0 Å². The van der Waals surface area contributed by atoms with Crippen molar-refractivity contribution in [3.63, 3.8) is 0 Å². The Morgan fingerprint density at radius 3 is 2.32 bits per heavy atom. The highest BCUT2D eigenvalue weighted by Gasteiger charge is 2.59. The van der Waals surface area contributed by atoms with Crippen LogP contribution in [0.2, 0.25) is 0 Å².